The van der Waals surface area contributed by atoms with Crippen LogP contribution in [0.4, 0.5) is 5.69 Å². The summed E-state index contributed by atoms with van der Waals surface area (Å²) in [4.78, 5) is 4.95. The summed E-state index contributed by atoms with van der Waals surface area (Å²) in [6.07, 6.45) is 0. The number of nitrogens with zero attached hydrogens (tertiary/aromatic N) is 2. The van der Waals surface area contributed by atoms with Crippen molar-refractivity contribution in [3.8, 4) is 5.75 Å². The lowest BCUT2D eigenvalue weighted by atomic mass is 10.0. The second-order valence-corrected chi connectivity index (χ2v) is 6.18. The first-order chi connectivity index (χ1) is 8.38. The smallest absolute Gasteiger partial charge is 0.115 e. The average molecular weight is 248 g/mol. The molecular formula is C15H24N2O. The Morgan fingerprint density at radius 3 is 2.22 bits per heavy atom. The van der Waals surface area contributed by atoms with Gasteiger partial charge in [0.25, 0.3) is 0 Å². The van der Waals surface area contributed by atoms with Crippen LogP contribution in [-0.4, -0.2) is 41.2 Å². The van der Waals surface area contributed by atoms with Gasteiger partial charge in [0.05, 0.1) is 0 Å². The second kappa shape index (κ2) is 4.81. The van der Waals surface area contributed by atoms with Gasteiger partial charge in [0.2, 0.25) is 0 Å². The summed E-state index contributed by atoms with van der Waals surface area (Å²) >= 11 is 0. The molecule has 0 bridgehead atoms. The van der Waals surface area contributed by atoms with Crippen LogP contribution in [0.5, 0.6) is 5.75 Å². The van der Waals surface area contributed by atoms with Gasteiger partial charge in [0, 0.05) is 36.9 Å². The van der Waals surface area contributed by atoms with Crippen LogP contribution >= 0.6 is 0 Å². The number of phenols is 1. The molecule has 3 heteroatoms. The van der Waals surface area contributed by atoms with E-state index >= 15 is 0 Å². The van der Waals surface area contributed by atoms with Crippen molar-refractivity contribution in [2.45, 2.75) is 39.3 Å². The number of hydrogen-bond acceptors (Lipinski definition) is 3. The fourth-order valence-corrected chi connectivity index (χ4v) is 2.85. The molecule has 1 saturated heterocycles. The molecule has 1 unspecified atom stereocenters. The second-order valence-electron chi connectivity index (χ2n) is 6.18. The van der Waals surface area contributed by atoms with Crippen LogP contribution in [0.2, 0.25) is 0 Å². The molecule has 100 valence electrons. The van der Waals surface area contributed by atoms with Crippen molar-refractivity contribution >= 4 is 5.69 Å². The van der Waals surface area contributed by atoms with Gasteiger partial charge in [-0.25, -0.2) is 0 Å². The monoisotopic (exact) mass is 248 g/mol. The quantitative estimate of drug-likeness (QED) is 0.828. The van der Waals surface area contributed by atoms with Gasteiger partial charge in [-0.05, 0) is 52.0 Å². The first kappa shape index (κ1) is 13.2. The van der Waals surface area contributed by atoms with Gasteiger partial charge in [-0.3, -0.25) is 4.90 Å². The maximum atomic E-state index is 9.33. The molecule has 0 spiro atoms. The van der Waals surface area contributed by atoms with E-state index in [1.165, 1.54) is 5.69 Å². The lowest BCUT2D eigenvalue weighted by Crippen LogP contribution is -2.58. The van der Waals surface area contributed by atoms with Crippen molar-refractivity contribution in [1.29, 1.82) is 0 Å². The van der Waals surface area contributed by atoms with Crippen LogP contribution in [0, 0.1) is 0 Å². The third-order valence-corrected chi connectivity index (χ3v) is 3.70. The van der Waals surface area contributed by atoms with E-state index in [-0.39, 0.29) is 5.54 Å². The fraction of sp³-hybridized carbons (Fsp3) is 0.600. The molecule has 0 amide bonds. The van der Waals surface area contributed by atoms with Crippen LogP contribution < -0.4 is 4.90 Å². The molecule has 18 heavy (non-hydrogen) atoms. The molecule has 3 nitrogen and oxygen atoms in total. The normalized spacial score (nSPS) is 22.2. The summed E-state index contributed by atoms with van der Waals surface area (Å²) in [5.41, 5.74) is 1.44. The Labute approximate surface area is 110 Å². The zero-order valence-electron chi connectivity index (χ0n) is 11.8. The van der Waals surface area contributed by atoms with Gasteiger partial charge in [0.15, 0.2) is 0 Å². The lowest BCUT2D eigenvalue weighted by molar-refractivity contribution is 0.0799. The van der Waals surface area contributed by atoms with E-state index in [9.17, 15) is 5.11 Å². The number of rotatable bonds is 1. The predicted molar refractivity (Wildman–Crippen MR) is 76.2 cm³/mol. The number of aromatic hydroxyl groups is 1. The topological polar surface area (TPSA) is 26.7 Å². The van der Waals surface area contributed by atoms with Crippen molar-refractivity contribution in [2.75, 3.05) is 24.5 Å². The highest BCUT2D eigenvalue weighted by Crippen LogP contribution is 2.25. The Morgan fingerprint density at radius 1 is 1.11 bits per heavy atom. The Hall–Kier alpha value is -1.22. The minimum atomic E-state index is 0.237. The molecule has 1 atom stereocenters. The van der Waals surface area contributed by atoms with Gasteiger partial charge in [-0.15, -0.1) is 0 Å². The molecule has 1 aliphatic rings. The number of anilines is 1. The largest absolute Gasteiger partial charge is 0.508 e. The average Bonchev–Trinajstić information content (AvgIpc) is 2.28. The highest BCUT2D eigenvalue weighted by Gasteiger charge is 2.31. The molecule has 1 aromatic rings. The van der Waals surface area contributed by atoms with Gasteiger partial charge < -0.3 is 10.0 Å². The predicted octanol–water partition coefficient (Wildman–Crippen LogP) is 2.70. The molecule has 0 aromatic heterocycles. The maximum absolute atomic E-state index is 9.33. The van der Waals surface area contributed by atoms with Gasteiger partial charge in [-0.2, -0.15) is 0 Å². The highest BCUT2D eigenvalue weighted by atomic mass is 16.3. The minimum absolute atomic E-state index is 0.237. The number of benzene rings is 1. The van der Waals surface area contributed by atoms with Crippen LogP contribution in [-0.2, 0) is 0 Å². The molecule has 1 heterocycles. The van der Waals surface area contributed by atoms with E-state index in [2.05, 4.69) is 37.5 Å². The minimum Gasteiger partial charge on any atom is -0.508 e. The summed E-state index contributed by atoms with van der Waals surface area (Å²) in [7, 11) is 0. The summed E-state index contributed by atoms with van der Waals surface area (Å²) in [5, 5.41) is 9.33. The van der Waals surface area contributed by atoms with Gasteiger partial charge in [0.1, 0.15) is 5.75 Å². The van der Waals surface area contributed by atoms with Crippen molar-refractivity contribution in [1.82, 2.24) is 4.90 Å². The Balaban J connectivity index is 2.06. The van der Waals surface area contributed by atoms with Gasteiger partial charge >= 0.3 is 0 Å². The summed E-state index contributed by atoms with van der Waals surface area (Å²) in [6, 6.07) is 8.06. The van der Waals surface area contributed by atoms with Crippen molar-refractivity contribution in [3.63, 3.8) is 0 Å². The van der Waals surface area contributed by atoms with E-state index in [1.54, 1.807) is 12.1 Å². The molecule has 1 fully saturated rings. The van der Waals surface area contributed by atoms with Crippen molar-refractivity contribution in [3.05, 3.63) is 24.3 Å². The van der Waals surface area contributed by atoms with Crippen LogP contribution in [0.15, 0.2) is 24.3 Å². The number of hydrogen-bond donors (Lipinski definition) is 1. The van der Waals surface area contributed by atoms with E-state index in [0.717, 1.165) is 19.6 Å². The summed E-state index contributed by atoms with van der Waals surface area (Å²) < 4.78 is 0. The fourth-order valence-electron chi connectivity index (χ4n) is 2.85. The van der Waals surface area contributed by atoms with E-state index in [0.29, 0.717) is 11.8 Å². The van der Waals surface area contributed by atoms with Crippen LogP contribution in [0.1, 0.15) is 27.7 Å². The molecule has 0 saturated carbocycles. The molecule has 1 aromatic carbocycles. The third kappa shape index (κ3) is 2.78. The van der Waals surface area contributed by atoms with Crippen molar-refractivity contribution in [2.24, 2.45) is 0 Å². The molecule has 2 rings (SSSR count). The molecule has 1 N–H and O–H groups in total. The molecule has 1 aliphatic heterocycles. The van der Waals surface area contributed by atoms with Crippen LogP contribution in [0.3, 0.4) is 0 Å². The van der Waals surface area contributed by atoms with E-state index in [4.69, 9.17) is 0 Å². The summed E-state index contributed by atoms with van der Waals surface area (Å²) in [5.74, 6) is 0.333. The van der Waals surface area contributed by atoms with E-state index in [1.807, 2.05) is 12.1 Å². The first-order valence-electron chi connectivity index (χ1n) is 6.68. The SMILES string of the molecule is CC1CN(c2ccc(O)cc2)CCN1C(C)(C)C. The summed E-state index contributed by atoms with van der Waals surface area (Å²) in [6.45, 7) is 12.3. The number of phenolic OH excluding ortho intramolecular Hbond substituents is 1. The Kier molecular flexibility index (Phi) is 3.53. The zero-order chi connectivity index (χ0) is 13.3. The van der Waals surface area contributed by atoms with Crippen molar-refractivity contribution < 1.29 is 5.11 Å². The Bertz CT molecular complexity index is 394. The van der Waals surface area contributed by atoms with Gasteiger partial charge in [-0.1, -0.05) is 0 Å². The van der Waals surface area contributed by atoms with Crippen LogP contribution in [0.25, 0.3) is 0 Å². The molecule has 0 aliphatic carbocycles. The molecular weight excluding hydrogens is 224 g/mol. The third-order valence-electron chi connectivity index (χ3n) is 3.70. The highest BCUT2D eigenvalue weighted by molar-refractivity contribution is 5.49. The van der Waals surface area contributed by atoms with E-state index < -0.39 is 0 Å². The maximum Gasteiger partial charge on any atom is 0.115 e. The molecule has 0 radical (unpaired) electrons. The lowest BCUT2D eigenvalue weighted by Gasteiger charge is -2.47. The Morgan fingerprint density at radius 2 is 1.72 bits per heavy atom. The first-order valence-corrected chi connectivity index (χ1v) is 6.68. The number of piperazine rings is 1. The standard InChI is InChI=1S/C15H24N2O/c1-12-11-16(9-10-17(12)15(2,3)4)13-5-7-14(18)8-6-13/h5-8,12,18H,9-11H2,1-4H3. The zero-order valence-corrected chi connectivity index (χ0v) is 11.8.